The lowest BCUT2D eigenvalue weighted by atomic mass is 9.81. The van der Waals surface area contributed by atoms with Crippen molar-refractivity contribution in [1.29, 1.82) is 0 Å². The van der Waals surface area contributed by atoms with Crippen molar-refractivity contribution in [2.45, 2.75) is 96.9 Å². The van der Waals surface area contributed by atoms with Crippen LogP contribution < -0.4 is 5.30 Å². The van der Waals surface area contributed by atoms with Crippen molar-refractivity contribution in [2.75, 3.05) is 0 Å². The van der Waals surface area contributed by atoms with E-state index in [9.17, 15) is 5.11 Å². The lowest BCUT2D eigenvalue weighted by Crippen LogP contribution is -2.25. The van der Waals surface area contributed by atoms with Crippen LogP contribution in [0.2, 0.25) is 0 Å². The van der Waals surface area contributed by atoms with Crippen LogP contribution in [0, 0.1) is 13.8 Å². The molecule has 3 unspecified atom stereocenters. The summed E-state index contributed by atoms with van der Waals surface area (Å²) in [5.74, 6) is 0.487. The zero-order chi connectivity index (χ0) is 22.7. The molecular formula is C27H41OPS. The van der Waals surface area contributed by atoms with Gasteiger partial charge in [0.2, 0.25) is 0 Å². The molecule has 0 bridgehead atoms. The zero-order valence-corrected chi connectivity index (χ0v) is 22.1. The molecule has 3 heteroatoms. The standard InChI is InChI=1S/C27H41OPS/c1-9-11-14-27(10-2,29-24-13-12-18(3)15-22(24)20(5)30)23-17-21(26(6,7)8)16-19(4)25(23)28/h12-13,15-17,20,28-30H,9-11,14H2,1-8H3. The largest absolute Gasteiger partial charge is 0.507 e. The normalized spacial score (nSPS) is 15.5. The highest BCUT2D eigenvalue weighted by Crippen LogP contribution is 2.53. The van der Waals surface area contributed by atoms with E-state index in [2.05, 4.69) is 78.8 Å². The summed E-state index contributed by atoms with van der Waals surface area (Å²) in [5, 5.41) is 12.8. The first-order chi connectivity index (χ1) is 13.9. The molecule has 2 rings (SSSR count). The van der Waals surface area contributed by atoms with Gasteiger partial charge in [0, 0.05) is 16.0 Å². The molecule has 0 aliphatic rings. The third-order valence-corrected chi connectivity index (χ3v) is 8.63. The van der Waals surface area contributed by atoms with Crippen molar-refractivity contribution in [2.24, 2.45) is 0 Å². The molecule has 1 nitrogen and oxygen atoms in total. The Morgan fingerprint density at radius 2 is 1.73 bits per heavy atom. The lowest BCUT2D eigenvalue weighted by Gasteiger charge is -2.37. The van der Waals surface area contributed by atoms with Crippen molar-refractivity contribution in [1.82, 2.24) is 0 Å². The fraction of sp³-hybridized carbons (Fsp3) is 0.556. The molecule has 0 saturated heterocycles. The van der Waals surface area contributed by atoms with Gasteiger partial charge in [0.25, 0.3) is 0 Å². The molecule has 0 saturated carbocycles. The van der Waals surface area contributed by atoms with E-state index in [0.29, 0.717) is 14.3 Å². The molecule has 0 spiro atoms. The summed E-state index contributed by atoms with van der Waals surface area (Å²) in [7, 11) is 0.605. The van der Waals surface area contributed by atoms with Crippen LogP contribution in [0.5, 0.6) is 5.75 Å². The van der Waals surface area contributed by atoms with Crippen molar-refractivity contribution < 1.29 is 5.11 Å². The average molecular weight is 445 g/mol. The van der Waals surface area contributed by atoms with Crippen molar-refractivity contribution >= 4 is 26.5 Å². The molecule has 0 aromatic heterocycles. The highest BCUT2D eigenvalue weighted by molar-refractivity contribution is 7.80. The minimum Gasteiger partial charge on any atom is -0.507 e. The fourth-order valence-electron chi connectivity index (χ4n) is 4.18. The van der Waals surface area contributed by atoms with E-state index in [1.165, 1.54) is 22.0 Å². The van der Waals surface area contributed by atoms with Gasteiger partial charge in [0.15, 0.2) is 0 Å². The smallest absolute Gasteiger partial charge is 0.122 e. The van der Waals surface area contributed by atoms with Gasteiger partial charge < -0.3 is 5.11 Å². The van der Waals surface area contributed by atoms with Crippen molar-refractivity contribution in [3.63, 3.8) is 0 Å². The van der Waals surface area contributed by atoms with Crippen LogP contribution in [0.3, 0.4) is 0 Å². The topological polar surface area (TPSA) is 20.2 Å². The summed E-state index contributed by atoms with van der Waals surface area (Å²) in [5.41, 5.74) is 6.09. The average Bonchev–Trinajstić information content (AvgIpc) is 2.67. The number of thiol groups is 1. The minimum atomic E-state index is -0.0568. The van der Waals surface area contributed by atoms with E-state index in [-0.39, 0.29) is 15.8 Å². The van der Waals surface area contributed by atoms with Gasteiger partial charge in [-0.1, -0.05) is 91.9 Å². The maximum absolute atomic E-state index is 11.2. The summed E-state index contributed by atoms with van der Waals surface area (Å²) < 4.78 is 0. The fourth-order valence-corrected chi connectivity index (χ4v) is 6.43. The van der Waals surface area contributed by atoms with Gasteiger partial charge in [-0.15, -0.1) is 0 Å². The number of aryl methyl sites for hydroxylation is 2. The van der Waals surface area contributed by atoms with Gasteiger partial charge in [-0.05, 0) is 61.0 Å². The van der Waals surface area contributed by atoms with Crippen LogP contribution in [0.1, 0.15) is 100 Å². The van der Waals surface area contributed by atoms with Crippen LogP contribution in [-0.2, 0) is 10.6 Å². The molecule has 166 valence electrons. The molecule has 0 amide bonds. The molecule has 0 aliphatic carbocycles. The monoisotopic (exact) mass is 444 g/mol. The van der Waals surface area contributed by atoms with Crippen molar-refractivity contribution in [3.8, 4) is 5.75 Å². The summed E-state index contributed by atoms with van der Waals surface area (Å²) in [6.07, 6.45) is 4.43. The molecule has 1 N–H and O–H groups in total. The molecule has 0 fully saturated rings. The Balaban J connectivity index is 2.71. The minimum absolute atomic E-state index is 0.0508. The second kappa shape index (κ2) is 10.1. The van der Waals surface area contributed by atoms with Crippen LogP contribution in [0.25, 0.3) is 0 Å². The predicted molar refractivity (Wildman–Crippen MR) is 140 cm³/mol. The SMILES string of the molecule is CCCCC(CC)(Pc1ccc(C)cc1C(C)S)c1cc(C(C)(C)C)cc(C)c1O. The lowest BCUT2D eigenvalue weighted by molar-refractivity contribution is 0.433. The molecule has 0 radical (unpaired) electrons. The zero-order valence-electron chi connectivity index (χ0n) is 20.2. The number of unbranched alkanes of at least 4 members (excludes halogenated alkanes) is 1. The van der Waals surface area contributed by atoms with E-state index in [1.54, 1.807) is 0 Å². The van der Waals surface area contributed by atoms with E-state index >= 15 is 0 Å². The number of phenolic OH excluding ortho intramolecular Hbond substituents is 1. The molecule has 3 atom stereocenters. The number of hydrogen-bond donors (Lipinski definition) is 2. The molecular weight excluding hydrogens is 403 g/mol. The van der Waals surface area contributed by atoms with Gasteiger partial charge in [0.05, 0.1) is 0 Å². The highest BCUT2D eigenvalue weighted by atomic mass is 32.1. The summed E-state index contributed by atoms with van der Waals surface area (Å²) in [6.45, 7) is 17.7. The van der Waals surface area contributed by atoms with Gasteiger partial charge in [-0.25, -0.2) is 0 Å². The van der Waals surface area contributed by atoms with Gasteiger partial charge >= 0.3 is 0 Å². The molecule has 0 aliphatic heterocycles. The third kappa shape index (κ3) is 5.63. The first kappa shape index (κ1) is 25.3. The summed E-state index contributed by atoms with van der Waals surface area (Å²) >= 11 is 4.79. The summed E-state index contributed by atoms with van der Waals surface area (Å²) in [4.78, 5) is 0. The number of phenols is 1. The van der Waals surface area contributed by atoms with Gasteiger partial charge in [-0.3, -0.25) is 0 Å². The molecule has 30 heavy (non-hydrogen) atoms. The number of rotatable bonds is 8. The van der Waals surface area contributed by atoms with E-state index in [4.69, 9.17) is 12.6 Å². The van der Waals surface area contributed by atoms with Crippen molar-refractivity contribution in [3.05, 3.63) is 58.1 Å². The van der Waals surface area contributed by atoms with Crippen LogP contribution >= 0.6 is 21.2 Å². The van der Waals surface area contributed by atoms with E-state index < -0.39 is 0 Å². The third-order valence-electron chi connectivity index (χ3n) is 6.27. The van der Waals surface area contributed by atoms with Crippen LogP contribution in [0.15, 0.2) is 30.3 Å². The van der Waals surface area contributed by atoms with Crippen LogP contribution in [-0.4, -0.2) is 5.11 Å². The van der Waals surface area contributed by atoms with E-state index in [0.717, 1.165) is 36.8 Å². The maximum Gasteiger partial charge on any atom is 0.122 e. The Morgan fingerprint density at radius 3 is 2.27 bits per heavy atom. The Hall–Kier alpha value is -0.980. The number of hydrogen-bond acceptors (Lipinski definition) is 2. The Bertz CT molecular complexity index is 866. The molecule has 2 aromatic carbocycles. The van der Waals surface area contributed by atoms with Gasteiger partial charge in [-0.2, -0.15) is 12.6 Å². The Morgan fingerprint density at radius 1 is 1.07 bits per heavy atom. The second-order valence-electron chi connectivity index (χ2n) is 9.87. The first-order valence-corrected chi connectivity index (χ1v) is 12.9. The number of aromatic hydroxyl groups is 1. The van der Waals surface area contributed by atoms with E-state index in [1.807, 2.05) is 6.92 Å². The quantitative estimate of drug-likeness (QED) is 0.311. The Kier molecular flexibility index (Phi) is 8.51. The summed E-state index contributed by atoms with van der Waals surface area (Å²) in [6, 6.07) is 11.3. The first-order valence-electron chi connectivity index (χ1n) is 11.4. The predicted octanol–water partition coefficient (Wildman–Crippen LogP) is 8.10. The number of benzene rings is 2. The second-order valence-corrected chi connectivity index (χ2v) is 12.4. The Labute approximate surface area is 192 Å². The van der Waals surface area contributed by atoms with Gasteiger partial charge in [0.1, 0.15) is 5.75 Å². The maximum atomic E-state index is 11.2. The molecule has 0 heterocycles. The molecule has 2 aromatic rings. The van der Waals surface area contributed by atoms with Crippen LogP contribution in [0.4, 0.5) is 0 Å². The highest BCUT2D eigenvalue weighted by Gasteiger charge is 2.35.